The van der Waals surface area contributed by atoms with E-state index < -0.39 is 5.97 Å². The van der Waals surface area contributed by atoms with Crippen molar-refractivity contribution >= 4 is 28.2 Å². The number of nitrogens with zero attached hydrogens (tertiary/aromatic N) is 1. The van der Waals surface area contributed by atoms with Crippen molar-refractivity contribution in [1.29, 1.82) is 0 Å². The molecule has 1 heterocycles. The molecule has 2 N–H and O–H groups in total. The van der Waals surface area contributed by atoms with Gasteiger partial charge in [0.1, 0.15) is 4.88 Å². The zero-order valence-corrected chi connectivity index (χ0v) is 12.5. The Morgan fingerprint density at radius 1 is 1.20 bits per heavy atom. The van der Waals surface area contributed by atoms with E-state index >= 15 is 0 Å². The summed E-state index contributed by atoms with van der Waals surface area (Å²) in [5, 5.41) is 12.9. The van der Waals surface area contributed by atoms with Gasteiger partial charge in [-0.25, -0.2) is 9.78 Å². The van der Waals surface area contributed by atoms with Gasteiger partial charge in [0.05, 0.1) is 0 Å². The molecule has 1 aliphatic rings. The normalized spacial score (nSPS) is 17.2. The maximum Gasteiger partial charge on any atom is 0.356 e. The van der Waals surface area contributed by atoms with Gasteiger partial charge in [0.15, 0.2) is 16.6 Å². The fraction of sp³-hybridized carbons (Fsp3) is 0.643. The van der Waals surface area contributed by atoms with Crippen LogP contribution in [0.3, 0.4) is 0 Å². The number of nitrogens with one attached hydrogen (secondary N) is 1. The maximum atomic E-state index is 11.5. The molecule has 0 aromatic carbocycles. The minimum atomic E-state index is -1.14. The lowest BCUT2D eigenvalue weighted by molar-refractivity contribution is 0.0687. The number of aromatic carboxylic acids is 1. The summed E-state index contributed by atoms with van der Waals surface area (Å²) in [6, 6.07) is 0.336. The molecular weight excluding hydrogens is 276 g/mol. The molecule has 2 rings (SSSR count). The summed E-state index contributed by atoms with van der Waals surface area (Å²) in [4.78, 5) is 26.8. The number of Topliss-reactive ketones (excluding diaryl/α,β-unsaturated/α-hetero) is 1. The fourth-order valence-electron chi connectivity index (χ4n) is 2.54. The number of carbonyl (C=O) groups is 2. The summed E-state index contributed by atoms with van der Waals surface area (Å²) < 4.78 is 0. The third kappa shape index (κ3) is 3.79. The topological polar surface area (TPSA) is 79.3 Å². The minimum absolute atomic E-state index is 0.129. The van der Waals surface area contributed by atoms with Gasteiger partial charge in [-0.1, -0.05) is 43.4 Å². The molecule has 0 aliphatic heterocycles. The third-order valence-electron chi connectivity index (χ3n) is 3.58. The first-order chi connectivity index (χ1) is 9.58. The number of hydrogen-bond acceptors (Lipinski definition) is 5. The average molecular weight is 296 g/mol. The highest BCUT2D eigenvalue weighted by Crippen LogP contribution is 2.27. The van der Waals surface area contributed by atoms with E-state index in [1.807, 2.05) is 0 Å². The molecule has 1 saturated carbocycles. The van der Waals surface area contributed by atoms with Crippen molar-refractivity contribution in [2.45, 2.75) is 57.9 Å². The van der Waals surface area contributed by atoms with Crippen LogP contribution in [-0.2, 0) is 0 Å². The molecule has 0 unspecified atom stereocenters. The van der Waals surface area contributed by atoms with Crippen LogP contribution >= 0.6 is 11.3 Å². The van der Waals surface area contributed by atoms with Crippen molar-refractivity contribution in [3.63, 3.8) is 0 Å². The number of anilines is 1. The minimum Gasteiger partial charge on any atom is -0.476 e. The Bertz CT molecular complexity index is 459. The molecule has 6 heteroatoms. The molecule has 1 aliphatic carbocycles. The number of thiazole rings is 1. The van der Waals surface area contributed by atoms with E-state index in [-0.39, 0.29) is 16.4 Å². The number of carboxylic acid groups (broad SMARTS) is 1. The molecule has 0 atom stereocenters. The van der Waals surface area contributed by atoms with Crippen LogP contribution < -0.4 is 5.32 Å². The summed E-state index contributed by atoms with van der Waals surface area (Å²) in [5.41, 5.74) is -0.129. The standard InChI is InChI=1S/C14H20N2O3S/c1-9(17)12-11(13(18)19)16-14(20-12)15-10-7-5-3-2-4-6-8-10/h10H,2-8H2,1H3,(H,15,16)(H,18,19). The molecule has 5 nitrogen and oxygen atoms in total. The van der Waals surface area contributed by atoms with Crippen molar-refractivity contribution in [1.82, 2.24) is 4.98 Å². The van der Waals surface area contributed by atoms with Crippen LogP contribution in [0.15, 0.2) is 0 Å². The molecule has 110 valence electrons. The lowest BCUT2D eigenvalue weighted by Crippen LogP contribution is -2.20. The maximum absolute atomic E-state index is 11.5. The molecule has 0 amide bonds. The Hall–Kier alpha value is -1.43. The third-order valence-corrected chi connectivity index (χ3v) is 4.67. The molecule has 0 saturated heterocycles. The molecular formula is C14H20N2O3S. The first-order valence-electron chi connectivity index (χ1n) is 7.09. The smallest absolute Gasteiger partial charge is 0.356 e. The van der Waals surface area contributed by atoms with Crippen molar-refractivity contribution in [3.05, 3.63) is 10.6 Å². The van der Waals surface area contributed by atoms with Gasteiger partial charge in [-0.3, -0.25) is 4.79 Å². The summed E-state index contributed by atoms with van der Waals surface area (Å²) in [6.07, 6.45) is 8.36. The summed E-state index contributed by atoms with van der Waals surface area (Å²) in [5.74, 6) is -1.39. The van der Waals surface area contributed by atoms with Gasteiger partial charge in [-0.2, -0.15) is 0 Å². The van der Waals surface area contributed by atoms with Gasteiger partial charge < -0.3 is 10.4 Å². The quantitative estimate of drug-likeness (QED) is 0.830. The summed E-state index contributed by atoms with van der Waals surface area (Å²) in [6.45, 7) is 1.37. The Balaban J connectivity index is 2.10. The van der Waals surface area contributed by atoms with Crippen molar-refractivity contribution in [2.24, 2.45) is 0 Å². The van der Waals surface area contributed by atoms with E-state index in [2.05, 4.69) is 10.3 Å². The number of aromatic nitrogens is 1. The Labute approximate surface area is 122 Å². The van der Waals surface area contributed by atoms with E-state index in [4.69, 9.17) is 5.11 Å². The van der Waals surface area contributed by atoms with Gasteiger partial charge in [0, 0.05) is 13.0 Å². The van der Waals surface area contributed by atoms with Crippen LogP contribution in [0.2, 0.25) is 0 Å². The van der Waals surface area contributed by atoms with Crippen LogP contribution in [0, 0.1) is 0 Å². The Morgan fingerprint density at radius 2 is 1.80 bits per heavy atom. The predicted molar refractivity (Wildman–Crippen MR) is 78.8 cm³/mol. The Kier molecular flexibility index (Phi) is 5.11. The number of ketones is 1. The zero-order valence-electron chi connectivity index (χ0n) is 11.6. The van der Waals surface area contributed by atoms with Crippen LogP contribution in [0.5, 0.6) is 0 Å². The second-order valence-corrected chi connectivity index (χ2v) is 6.24. The zero-order chi connectivity index (χ0) is 14.5. The van der Waals surface area contributed by atoms with E-state index in [0.29, 0.717) is 11.2 Å². The second kappa shape index (κ2) is 6.83. The van der Waals surface area contributed by atoms with Gasteiger partial charge in [-0.05, 0) is 12.8 Å². The predicted octanol–water partition coefficient (Wildman–Crippen LogP) is 3.57. The average Bonchev–Trinajstić information content (AvgIpc) is 2.76. The van der Waals surface area contributed by atoms with Gasteiger partial charge in [-0.15, -0.1) is 0 Å². The molecule has 0 bridgehead atoms. The highest BCUT2D eigenvalue weighted by Gasteiger charge is 2.22. The lowest BCUT2D eigenvalue weighted by atomic mass is 9.97. The highest BCUT2D eigenvalue weighted by atomic mass is 32.1. The SMILES string of the molecule is CC(=O)c1sc(NC2CCCCCCC2)nc1C(=O)O. The van der Waals surface area contributed by atoms with Gasteiger partial charge in [0.2, 0.25) is 0 Å². The molecule has 1 fully saturated rings. The van der Waals surface area contributed by atoms with E-state index in [0.717, 1.165) is 24.2 Å². The van der Waals surface area contributed by atoms with Crippen LogP contribution in [0.1, 0.15) is 72.0 Å². The number of carbonyl (C=O) groups excluding carboxylic acids is 1. The van der Waals surface area contributed by atoms with Crippen molar-refractivity contribution in [2.75, 3.05) is 5.32 Å². The van der Waals surface area contributed by atoms with E-state index in [1.165, 1.54) is 39.0 Å². The number of rotatable bonds is 4. The van der Waals surface area contributed by atoms with Crippen LogP contribution in [0.25, 0.3) is 0 Å². The second-order valence-electron chi connectivity index (χ2n) is 5.24. The molecule has 0 spiro atoms. The van der Waals surface area contributed by atoms with Crippen LogP contribution in [0.4, 0.5) is 5.13 Å². The van der Waals surface area contributed by atoms with E-state index in [9.17, 15) is 9.59 Å². The van der Waals surface area contributed by atoms with Crippen molar-refractivity contribution in [3.8, 4) is 0 Å². The monoisotopic (exact) mass is 296 g/mol. The molecule has 20 heavy (non-hydrogen) atoms. The molecule has 0 radical (unpaired) electrons. The van der Waals surface area contributed by atoms with Crippen LogP contribution in [-0.4, -0.2) is 27.9 Å². The summed E-state index contributed by atoms with van der Waals surface area (Å²) in [7, 11) is 0. The first kappa shape index (κ1) is 15.0. The number of carboxylic acids is 1. The molecule has 1 aromatic heterocycles. The van der Waals surface area contributed by atoms with Gasteiger partial charge in [0.25, 0.3) is 0 Å². The van der Waals surface area contributed by atoms with Crippen molar-refractivity contribution < 1.29 is 14.7 Å². The Morgan fingerprint density at radius 3 is 2.30 bits per heavy atom. The molecule has 1 aromatic rings. The summed E-state index contributed by atoms with van der Waals surface area (Å²) >= 11 is 1.15. The fourth-order valence-corrected chi connectivity index (χ4v) is 3.47. The van der Waals surface area contributed by atoms with E-state index in [1.54, 1.807) is 0 Å². The highest BCUT2D eigenvalue weighted by molar-refractivity contribution is 7.17. The van der Waals surface area contributed by atoms with Gasteiger partial charge >= 0.3 is 5.97 Å². The first-order valence-corrected chi connectivity index (χ1v) is 7.91. The largest absolute Gasteiger partial charge is 0.476 e. The number of hydrogen-bond donors (Lipinski definition) is 2. The lowest BCUT2D eigenvalue weighted by Gasteiger charge is -2.20.